The third-order valence-electron chi connectivity index (χ3n) is 3.91. The molecule has 0 heterocycles. The molecule has 1 aliphatic carbocycles. The van der Waals surface area contributed by atoms with Gasteiger partial charge >= 0.3 is 0 Å². The van der Waals surface area contributed by atoms with Crippen LogP contribution in [-0.4, -0.2) is 29.7 Å². The lowest BCUT2D eigenvalue weighted by Gasteiger charge is -2.30. The summed E-state index contributed by atoms with van der Waals surface area (Å²) < 4.78 is 0. The predicted octanol–water partition coefficient (Wildman–Crippen LogP) is 1.17. The molecule has 0 radical (unpaired) electrons. The van der Waals surface area contributed by atoms with Crippen molar-refractivity contribution in [3.8, 4) is 0 Å². The van der Waals surface area contributed by atoms with Crippen molar-refractivity contribution in [2.24, 2.45) is 11.1 Å². The van der Waals surface area contributed by atoms with Crippen LogP contribution in [-0.2, 0) is 4.79 Å². The van der Waals surface area contributed by atoms with Crippen LogP contribution in [0.4, 0.5) is 0 Å². The summed E-state index contributed by atoms with van der Waals surface area (Å²) in [6.45, 7) is 4.50. The summed E-state index contributed by atoms with van der Waals surface area (Å²) in [6.07, 6.45) is 5.87. The Balaban J connectivity index is 2.46. The summed E-state index contributed by atoms with van der Waals surface area (Å²) in [5.74, 6) is -0.0981. The second-order valence-electron chi connectivity index (χ2n) is 5.72. The number of amides is 1. The number of carbonyl (C=O) groups is 1. The molecular formula is C13H26N2O2. The Hall–Kier alpha value is -0.610. The van der Waals surface area contributed by atoms with Crippen LogP contribution in [0, 0.1) is 5.41 Å². The minimum absolute atomic E-state index is 0.0981. The van der Waals surface area contributed by atoms with Gasteiger partial charge in [-0.2, -0.15) is 0 Å². The van der Waals surface area contributed by atoms with Crippen molar-refractivity contribution in [1.82, 2.24) is 5.32 Å². The van der Waals surface area contributed by atoms with Crippen molar-refractivity contribution in [3.05, 3.63) is 0 Å². The van der Waals surface area contributed by atoms with E-state index in [0.717, 1.165) is 32.1 Å². The van der Waals surface area contributed by atoms with E-state index in [-0.39, 0.29) is 17.9 Å². The molecule has 17 heavy (non-hydrogen) atoms. The van der Waals surface area contributed by atoms with E-state index in [1.165, 1.54) is 0 Å². The first-order chi connectivity index (χ1) is 7.96. The van der Waals surface area contributed by atoms with Crippen molar-refractivity contribution in [2.45, 2.75) is 57.9 Å². The van der Waals surface area contributed by atoms with Crippen LogP contribution < -0.4 is 11.1 Å². The molecule has 0 spiro atoms. The van der Waals surface area contributed by atoms with E-state index in [4.69, 9.17) is 5.73 Å². The van der Waals surface area contributed by atoms with Crippen LogP contribution in [0.15, 0.2) is 0 Å². The van der Waals surface area contributed by atoms with Crippen molar-refractivity contribution in [2.75, 3.05) is 13.2 Å². The fourth-order valence-electron chi connectivity index (χ4n) is 2.62. The third kappa shape index (κ3) is 3.68. The van der Waals surface area contributed by atoms with Crippen molar-refractivity contribution < 1.29 is 9.90 Å². The van der Waals surface area contributed by atoms with E-state index in [1.54, 1.807) is 6.92 Å². The second kappa shape index (κ2) is 5.83. The molecule has 1 aliphatic rings. The number of nitrogens with two attached hydrogens (primary N) is 1. The fraction of sp³-hybridized carbons (Fsp3) is 0.923. The molecule has 4 heteroatoms. The van der Waals surface area contributed by atoms with Crippen molar-refractivity contribution >= 4 is 5.91 Å². The van der Waals surface area contributed by atoms with E-state index < -0.39 is 5.54 Å². The van der Waals surface area contributed by atoms with Gasteiger partial charge in [0.05, 0.1) is 12.1 Å². The molecule has 1 unspecified atom stereocenters. The molecule has 100 valence electrons. The largest absolute Gasteiger partial charge is 0.396 e. The first-order valence-electron chi connectivity index (χ1n) is 6.64. The van der Waals surface area contributed by atoms with Gasteiger partial charge in [-0.05, 0) is 26.2 Å². The molecule has 4 nitrogen and oxygen atoms in total. The third-order valence-corrected chi connectivity index (χ3v) is 3.91. The summed E-state index contributed by atoms with van der Waals surface area (Å²) in [6, 6.07) is 0. The number of aliphatic hydroxyl groups is 1. The fourth-order valence-corrected chi connectivity index (χ4v) is 2.62. The van der Waals surface area contributed by atoms with E-state index in [0.29, 0.717) is 13.0 Å². The molecule has 0 bridgehead atoms. The number of nitrogens with one attached hydrogen (secondary N) is 1. The van der Waals surface area contributed by atoms with Gasteiger partial charge in [0.15, 0.2) is 0 Å². The van der Waals surface area contributed by atoms with Gasteiger partial charge in [-0.3, -0.25) is 4.79 Å². The molecule has 4 N–H and O–H groups in total. The maximum Gasteiger partial charge on any atom is 0.239 e. The minimum Gasteiger partial charge on any atom is -0.396 e. The van der Waals surface area contributed by atoms with Gasteiger partial charge in [-0.25, -0.2) is 0 Å². The Morgan fingerprint density at radius 3 is 2.53 bits per heavy atom. The quantitative estimate of drug-likeness (QED) is 0.654. The predicted molar refractivity (Wildman–Crippen MR) is 68.5 cm³/mol. The van der Waals surface area contributed by atoms with E-state index in [1.807, 2.05) is 6.92 Å². The lowest BCUT2D eigenvalue weighted by atomic mass is 9.86. The van der Waals surface area contributed by atoms with E-state index in [2.05, 4.69) is 5.32 Å². The van der Waals surface area contributed by atoms with Crippen LogP contribution >= 0.6 is 0 Å². The molecule has 1 rings (SSSR count). The summed E-state index contributed by atoms with van der Waals surface area (Å²) >= 11 is 0. The average Bonchev–Trinajstić information content (AvgIpc) is 2.75. The number of hydrogen-bond acceptors (Lipinski definition) is 3. The van der Waals surface area contributed by atoms with Gasteiger partial charge in [0.2, 0.25) is 5.91 Å². The number of carbonyl (C=O) groups excluding carboxylic acids is 1. The maximum atomic E-state index is 12.0. The van der Waals surface area contributed by atoms with Gasteiger partial charge in [0.1, 0.15) is 0 Å². The SMILES string of the molecule is CCCC(C)(N)C(=O)NCC1(CO)CCCC1. The highest BCUT2D eigenvalue weighted by Crippen LogP contribution is 2.36. The van der Waals surface area contributed by atoms with Gasteiger partial charge in [0.25, 0.3) is 0 Å². The first-order valence-corrected chi connectivity index (χ1v) is 6.64. The Morgan fingerprint density at radius 2 is 2.06 bits per heavy atom. The normalized spacial score (nSPS) is 22.1. The molecule has 0 aromatic heterocycles. The van der Waals surface area contributed by atoms with Crippen LogP contribution in [0.25, 0.3) is 0 Å². The van der Waals surface area contributed by atoms with E-state index >= 15 is 0 Å². The smallest absolute Gasteiger partial charge is 0.239 e. The molecule has 0 saturated heterocycles. The highest BCUT2D eigenvalue weighted by atomic mass is 16.3. The number of aliphatic hydroxyl groups excluding tert-OH is 1. The van der Waals surface area contributed by atoms with Gasteiger partial charge < -0.3 is 16.2 Å². The summed E-state index contributed by atoms with van der Waals surface area (Å²) in [5, 5.41) is 12.4. The Morgan fingerprint density at radius 1 is 1.47 bits per heavy atom. The zero-order chi connectivity index (χ0) is 12.9. The Bertz CT molecular complexity index is 258. The van der Waals surface area contributed by atoms with Gasteiger partial charge in [-0.15, -0.1) is 0 Å². The Kier molecular flexibility index (Phi) is 4.95. The van der Waals surface area contributed by atoms with Crippen molar-refractivity contribution in [1.29, 1.82) is 0 Å². The first kappa shape index (κ1) is 14.5. The molecule has 1 amide bonds. The molecule has 0 aliphatic heterocycles. The van der Waals surface area contributed by atoms with Gasteiger partial charge in [0, 0.05) is 12.0 Å². The molecule has 1 fully saturated rings. The highest BCUT2D eigenvalue weighted by molar-refractivity contribution is 5.85. The average molecular weight is 242 g/mol. The van der Waals surface area contributed by atoms with Crippen LogP contribution in [0.2, 0.25) is 0 Å². The maximum absolute atomic E-state index is 12.0. The number of hydrogen-bond donors (Lipinski definition) is 3. The zero-order valence-corrected chi connectivity index (χ0v) is 11.1. The summed E-state index contributed by atoms with van der Waals surface area (Å²) in [5.41, 5.74) is 5.08. The molecular weight excluding hydrogens is 216 g/mol. The Labute approximate surface area is 104 Å². The minimum atomic E-state index is -0.788. The lowest BCUT2D eigenvalue weighted by molar-refractivity contribution is -0.126. The molecule has 1 saturated carbocycles. The zero-order valence-electron chi connectivity index (χ0n) is 11.1. The van der Waals surface area contributed by atoms with Gasteiger partial charge in [-0.1, -0.05) is 26.2 Å². The monoisotopic (exact) mass is 242 g/mol. The van der Waals surface area contributed by atoms with Crippen LogP contribution in [0.5, 0.6) is 0 Å². The van der Waals surface area contributed by atoms with Crippen molar-refractivity contribution in [3.63, 3.8) is 0 Å². The second-order valence-corrected chi connectivity index (χ2v) is 5.72. The van der Waals surface area contributed by atoms with Crippen LogP contribution in [0.1, 0.15) is 52.4 Å². The van der Waals surface area contributed by atoms with E-state index in [9.17, 15) is 9.90 Å². The molecule has 0 aromatic carbocycles. The summed E-state index contributed by atoms with van der Waals surface area (Å²) in [4.78, 5) is 12.0. The number of rotatable bonds is 6. The molecule has 0 aromatic rings. The van der Waals surface area contributed by atoms with Crippen LogP contribution in [0.3, 0.4) is 0 Å². The lowest BCUT2D eigenvalue weighted by Crippen LogP contribution is -2.53. The topological polar surface area (TPSA) is 75.4 Å². The summed E-state index contributed by atoms with van der Waals surface area (Å²) in [7, 11) is 0. The highest BCUT2D eigenvalue weighted by Gasteiger charge is 2.35. The standard InChI is InChI=1S/C13H26N2O2/c1-3-6-12(2,14)11(17)15-9-13(10-16)7-4-5-8-13/h16H,3-10,14H2,1-2H3,(H,15,17). The molecule has 1 atom stereocenters.